The first-order valence-corrected chi connectivity index (χ1v) is 10.7. The molecule has 1 unspecified atom stereocenters. The van der Waals surface area contributed by atoms with E-state index in [9.17, 15) is 9.59 Å². The van der Waals surface area contributed by atoms with Crippen LogP contribution in [0.25, 0.3) is 11.0 Å². The molecule has 176 valence electrons. The van der Waals surface area contributed by atoms with Crippen LogP contribution in [0.1, 0.15) is 42.5 Å². The number of carbonyl (C=O) groups excluding carboxylic acids is 2. The number of amides is 2. The monoisotopic (exact) mass is 454 g/mol. The lowest BCUT2D eigenvalue weighted by Gasteiger charge is -2.19. The van der Waals surface area contributed by atoms with Gasteiger partial charge >= 0.3 is 0 Å². The fraction of sp³-hybridized carbons (Fsp3) is 0.375. The molecule has 1 heterocycles. The molecule has 33 heavy (non-hydrogen) atoms. The fourth-order valence-electron chi connectivity index (χ4n) is 3.57. The molecule has 0 saturated heterocycles. The number of nitrogens with one attached hydrogen (secondary N) is 3. The number of imidazole rings is 1. The van der Waals surface area contributed by atoms with Gasteiger partial charge in [-0.3, -0.25) is 9.59 Å². The summed E-state index contributed by atoms with van der Waals surface area (Å²) in [5.74, 6) is 1.36. The minimum Gasteiger partial charge on any atom is -0.493 e. The summed E-state index contributed by atoms with van der Waals surface area (Å²) in [4.78, 5) is 33.2. The molecule has 9 nitrogen and oxygen atoms in total. The molecule has 1 atom stereocenters. The van der Waals surface area contributed by atoms with Gasteiger partial charge < -0.3 is 29.8 Å². The second kappa shape index (κ2) is 10.7. The molecule has 3 aromatic rings. The SMILES string of the molecule is COc1cc(C(=O)NCC(=O)NC(CC(C)C)c2nc3ccccc3[nH]2)cc(OC)c1OC. The van der Waals surface area contributed by atoms with Gasteiger partial charge in [-0.25, -0.2) is 4.98 Å². The molecular weight excluding hydrogens is 424 g/mol. The summed E-state index contributed by atoms with van der Waals surface area (Å²) in [6, 6.07) is 10.5. The smallest absolute Gasteiger partial charge is 0.251 e. The van der Waals surface area contributed by atoms with Crippen molar-refractivity contribution in [2.45, 2.75) is 26.3 Å². The van der Waals surface area contributed by atoms with Crippen molar-refractivity contribution in [3.8, 4) is 17.2 Å². The molecule has 1 aromatic heterocycles. The predicted molar refractivity (Wildman–Crippen MR) is 125 cm³/mol. The number of H-pyrrole nitrogens is 1. The number of ether oxygens (including phenoxy) is 3. The van der Waals surface area contributed by atoms with Crippen LogP contribution in [0.4, 0.5) is 0 Å². The molecule has 0 radical (unpaired) electrons. The average molecular weight is 455 g/mol. The van der Waals surface area contributed by atoms with Crippen molar-refractivity contribution in [2.75, 3.05) is 27.9 Å². The van der Waals surface area contributed by atoms with Gasteiger partial charge in [0.1, 0.15) is 5.82 Å². The molecule has 0 spiro atoms. The number of aromatic nitrogens is 2. The second-order valence-electron chi connectivity index (χ2n) is 7.99. The summed E-state index contributed by atoms with van der Waals surface area (Å²) in [5.41, 5.74) is 2.03. The van der Waals surface area contributed by atoms with E-state index in [1.807, 2.05) is 24.3 Å². The van der Waals surface area contributed by atoms with Gasteiger partial charge in [0, 0.05) is 5.56 Å². The van der Waals surface area contributed by atoms with E-state index in [1.165, 1.54) is 33.5 Å². The normalized spacial score (nSPS) is 11.8. The van der Waals surface area contributed by atoms with Crippen LogP contribution in [0.5, 0.6) is 17.2 Å². The van der Waals surface area contributed by atoms with Gasteiger partial charge in [-0.1, -0.05) is 26.0 Å². The van der Waals surface area contributed by atoms with Gasteiger partial charge in [-0.15, -0.1) is 0 Å². The highest BCUT2D eigenvalue weighted by atomic mass is 16.5. The molecule has 9 heteroatoms. The van der Waals surface area contributed by atoms with E-state index in [1.54, 1.807) is 0 Å². The van der Waals surface area contributed by atoms with E-state index < -0.39 is 5.91 Å². The zero-order valence-electron chi connectivity index (χ0n) is 19.5. The lowest BCUT2D eigenvalue weighted by atomic mass is 10.0. The molecule has 2 aromatic carbocycles. The van der Waals surface area contributed by atoms with Gasteiger partial charge in [-0.05, 0) is 36.6 Å². The van der Waals surface area contributed by atoms with Crippen molar-refractivity contribution < 1.29 is 23.8 Å². The number of carbonyl (C=O) groups is 2. The van der Waals surface area contributed by atoms with Crippen molar-refractivity contribution >= 4 is 22.8 Å². The minimum atomic E-state index is -0.437. The van der Waals surface area contributed by atoms with Crippen molar-refractivity contribution in [3.63, 3.8) is 0 Å². The third-order valence-electron chi connectivity index (χ3n) is 5.12. The van der Waals surface area contributed by atoms with Crippen molar-refractivity contribution in [1.82, 2.24) is 20.6 Å². The zero-order valence-corrected chi connectivity index (χ0v) is 19.5. The Kier molecular flexibility index (Phi) is 7.76. The van der Waals surface area contributed by atoms with Gasteiger partial charge in [0.25, 0.3) is 5.91 Å². The van der Waals surface area contributed by atoms with E-state index >= 15 is 0 Å². The van der Waals surface area contributed by atoms with Gasteiger partial charge in [-0.2, -0.15) is 0 Å². The third-order valence-corrected chi connectivity index (χ3v) is 5.12. The lowest BCUT2D eigenvalue weighted by molar-refractivity contribution is -0.121. The Morgan fingerprint density at radius 1 is 1.03 bits per heavy atom. The van der Waals surface area contributed by atoms with Crippen molar-refractivity contribution in [1.29, 1.82) is 0 Å². The Morgan fingerprint density at radius 2 is 1.70 bits per heavy atom. The highest BCUT2D eigenvalue weighted by Crippen LogP contribution is 2.38. The molecule has 0 aliphatic carbocycles. The fourth-order valence-corrected chi connectivity index (χ4v) is 3.57. The van der Waals surface area contributed by atoms with E-state index in [0.29, 0.717) is 35.4 Å². The summed E-state index contributed by atoms with van der Waals surface area (Å²) in [5, 5.41) is 5.62. The highest BCUT2D eigenvalue weighted by Gasteiger charge is 2.21. The number of hydrogen-bond donors (Lipinski definition) is 3. The zero-order chi connectivity index (χ0) is 24.0. The van der Waals surface area contributed by atoms with Gasteiger partial charge in [0.15, 0.2) is 11.5 Å². The maximum atomic E-state index is 12.7. The summed E-state index contributed by atoms with van der Waals surface area (Å²) in [6.07, 6.45) is 0.701. The van der Waals surface area contributed by atoms with E-state index in [4.69, 9.17) is 14.2 Å². The Balaban J connectivity index is 1.69. The quantitative estimate of drug-likeness (QED) is 0.433. The summed E-state index contributed by atoms with van der Waals surface area (Å²) >= 11 is 0. The number of fused-ring (bicyclic) bond motifs is 1. The number of aromatic amines is 1. The Bertz CT molecular complexity index is 1070. The largest absolute Gasteiger partial charge is 0.493 e. The first-order valence-electron chi connectivity index (χ1n) is 10.7. The number of methoxy groups -OCH3 is 3. The topological polar surface area (TPSA) is 115 Å². The van der Waals surface area contributed by atoms with Crippen LogP contribution in [0.15, 0.2) is 36.4 Å². The number of nitrogens with zero attached hydrogens (tertiary/aromatic N) is 1. The molecule has 0 aliphatic rings. The van der Waals surface area contributed by atoms with Crippen LogP contribution in [0.3, 0.4) is 0 Å². The number of hydrogen-bond acceptors (Lipinski definition) is 6. The predicted octanol–water partition coefficient (Wildman–Crippen LogP) is 3.22. The van der Waals surface area contributed by atoms with Crippen LogP contribution in [-0.4, -0.2) is 49.7 Å². The van der Waals surface area contributed by atoms with Gasteiger partial charge in [0.2, 0.25) is 11.7 Å². The minimum absolute atomic E-state index is 0.190. The maximum Gasteiger partial charge on any atom is 0.251 e. The second-order valence-corrected chi connectivity index (χ2v) is 7.99. The first kappa shape index (κ1) is 23.9. The van der Waals surface area contributed by atoms with Crippen LogP contribution in [0.2, 0.25) is 0 Å². The Hall–Kier alpha value is -3.75. The number of para-hydroxylation sites is 2. The molecule has 2 amide bonds. The molecule has 0 aliphatic heterocycles. The van der Waals surface area contributed by atoms with E-state index in [0.717, 1.165) is 11.0 Å². The highest BCUT2D eigenvalue weighted by molar-refractivity contribution is 5.97. The average Bonchev–Trinajstić information content (AvgIpc) is 3.25. The van der Waals surface area contributed by atoms with E-state index in [2.05, 4.69) is 34.4 Å². The van der Waals surface area contributed by atoms with Crippen molar-refractivity contribution in [2.24, 2.45) is 5.92 Å². The molecular formula is C24H30N4O5. The number of benzene rings is 2. The first-order chi connectivity index (χ1) is 15.9. The van der Waals surface area contributed by atoms with Crippen LogP contribution < -0.4 is 24.8 Å². The lowest BCUT2D eigenvalue weighted by Crippen LogP contribution is -2.39. The molecule has 0 saturated carbocycles. The molecule has 0 fully saturated rings. The van der Waals surface area contributed by atoms with E-state index in [-0.39, 0.29) is 24.1 Å². The van der Waals surface area contributed by atoms with Crippen LogP contribution in [-0.2, 0) is 4.79 Å². The van der Waals surface area contributed by atoms with Gasteiger partial charge in [0.05, 0.1) is 44.9 Å². The van der Waals surface area contributed by atoms with Crippen LogP contribution in [0, 0.1) is 5.92 Å². The maximum absolute atomic E-state index is 12.7. The third kappa shape index (κ3) is 5.74. The standard InChI is InChI=1S/C24H30N4O5/c1-14(2)10-18(23-27-16-8-6-7-9-17(16)28-23)26-21(29)13-25-24(30)15-11-19(31-3)22(33-5)20(12-15)32-4/h6-9,11-12,14,18H,10,13H2,1-5H3,(H,25,30)(H,26,29)(H,27,28). The number of rotatable bonds is 10. The summed E-state index contributed by atoms with van der Waals surface area (Å²) in [6.45, 7) is 3.96. The van der Waals surface area contributed by atoms with Crippen molar-refractivity contribution in [3.05, 3.63) is 47.8 Å². The Morgan fingerprint density at radius 3 is 2.27 bits per heavy atom. The van der Waals surface area contributed by atoms with Crippen LogP contribution >= 0.6 is 0 Å². The summed E-state index contributed by atoms with van der Waals surface area (Å²) < 4.78 is 15.8. The Labute approximate surface area is 192 Å². The molecule has 0 bridgehead atoms. The summed E-state index contributed by atoms with van der Waals surface area (Å²) in [7, 11) is 4.43. The molecule has 3 rings (SSSR count). The molecule has 3 N–H and O–H groups in total.